The molecule has 0 fully saturated rings. The van der Waals surface area contributed by atoms with E-state index in [-0.39, 0.29) is 5.00 Å². The molecule has 1 rings (SSSR count). The minimum Gasteiger partial charge on any atom is -0.311 e. The molecule has 0 unspecified atom stereocenters. The highest BCUT2D eigenvalue weighted by Gasteiger charge is 2.29. The van der Waals surface area contributed by atoms with Crippen molar-refractivity contribution in [3.8, 4) is 0 Å². The van der Waals surface area contributed by atoms with E-state index >= 15 is 0 Å². The van der Waals surface area contributed by atoms with Crippen LogP contribution in [0.3, 0.4) is 0 Å². The third-order valence-corrected chi connectivity index (χ3v) is 5.78. The van der Waals surface area contributed by atoms with Crippen LogP contribution in [0.25, 0.3) is 0 Å². The normalized spacial score (nSPS) is 12.6. The molecule has 0 saturated heterocycles. The van der Waals surface area contributed by atoms with Gasteiger partial charge in [-0.1, -0.05) is 11.3 Å². The van der Waals surface area contributed by atoms with E-state index < -0.39 is 19.5 Å². The van der Waals surface area contributed by atoms with Crippen LogP contribution in [0.15, 0.2) is 11.4 Å². The fourth-order valence-electron chi connectivity index (χ4n) is 1.19. The zero-order valence-electron chi connectivity index (χ0n) is 10.5. The minimum atomic E-state index is -3.13. The summed E-state index contributed by atoms with van der Waals surface area (Å²) in [7, 11) is -3.13. The second-order valence-corrected chi connectivity index (χ2v) is 8.22. The van der Waals surface area contributed by atoms with Crippen LogP contribution < -0.4 is 5.32 Å². The standard InChI is InChI=1S/C10H16N2O4S2/c1-10(2,18(3,15)16)7-11-5-8-4-9(12(13)14)17-6-8/h4,6,11H,5,7H2,1-3H3. The Morgan fingerprint density at radius 1 is 1.50 bits per heavy atom. The van der Waals surface area contributed by atoms with Crippen molar-refractivity contribution in [3.63, 3.8) is 0 Å². The Balaban J connectivity index is 2.54. The third kappa shape index (κ3) is 3.76. The predicted molar refractivity (Wildman–Crippen MR) is 71.6 cm³/mol. The predicted octanol–water partition coefficient (Wildman–Crippen LogP) is 1.57. The second kappa shape index (κ2) is 5.33. The van der Waals surface area contributed by atoms with E-state index in [0.29, 0.717) is 13.1 Å². The number of nitrogens with one attached hydrogen (secondary N) is 1. The number of sulfone groups is 1. The molecule has 0 aliphatic carbocycles. The van der Waals surface area contributed by atoms with E-state index in [0.717, 1.165) is 16.9 Å². The lowest BCUT2D eigenvalue weighted by Gasteiger charge is -2.22. The first-order chi connectivity index (χ1) is 8.13. The van der Waals surface area contributed by atoms with Gasteiger partial charge in [-0.05, 0) is 19.4 Å². The van der Waals surface area contributed by atoms with Crippen LogP contribution in [0.4, 0.5) is 5.00 Å². The molecular weight excluding hydrogens is 276 g/mol. The molecule has 0 aromatic carbocycles. The average molecular weight is 292 g/mol. The lowest BCUT2D eigenvalue weighted by atomic mass is 10.2. The molecule has 8 heteroatoms. The molecule has 18 heavy (non-hydrogen) atoms. The quantitative estimate of drug-likeness (QED) is 0.635. The molecule has 1 aromatic rings. The summed E-state index contributed by atoms with van der Waals surface area (Å²) in [5.41, 5.74) is 0.788. The van der Waals surface area contributed by atoms with E-state index in [2.05, 4.69) is 5.32 Å². The van der Waals surface area contributed by atoms with Gasteiger partial charge >= 0.3 is 5.00 Å². The van der Waals surface area contributed by atoms with Gasteiger partial charge in [0.2, 0.25) is 0 Å². The Labute approximate surface area is 110 Å². The van der Waals surface area contributed by atoms with Gasteiger partial charge in [-0.25, -0.2) is 8.42 Å². The number of thiophene rings is 1. The van der Waals surface area contributed by atoms with Crippen molar-refractivity contribution < 1.29 is 13.3 Å². The Bertz CT molecular complexity index is 534. The van der Waals surface area contributed by atoms with Gasteiger partial charge in [-0.2, -0.15) is 0 Å². The molecular formula is C10H16N2O4S2. The Hall–Kier alpha value is -0.990. The molecule has 0 aliphatic heterocycles. The van der Waals surface area contributed by atoms with Gasteiger partial charge in [-0.3, -0.25) is 10.1 Å². The Morgan fingerprint density at radius 3 is 2.56 bits per heavy atom. The highest BCUT2D eigenvalue weighted by molar-refractivity contribution is 7.92. The van der Waals surface area contributed by atoms with Gasteiger partial charge in [0.05, 0.1) is 9.67 Å². The maximum atomic E-state index is 11.5. The van der Waals surface area contributed by atoms with Gasteiger partial charge in [0.1, 0.15) is 0 Å². The Morgan fingerprint density at radius 2 is 2.11 bits per heavy atom. The van der Waals surface area contributed by atoms with E-state index in [1.165, 1.54) is 12.3 Å². The molecule has 0 saturated carbocycles. The smallest absolute Gasteiger partial charge is 0.311 e. The lowest BCUT2D eigenvalue weighted by Crippen LogP contribution is -2.41. The van der Waals surface area contributed by atoms with E-state index in [9.17, 15) is 18.5 Å². The monoisotopic (exact) mass is 292 g/mol. The van der Waals surface area contributed by atoms with Gasteiger partial charge in [0, 0.05) is 30.8 Å². The highest BCUT2D eigenvalue weighted by atomic mass is 32.2. The van der Waals surface area contributed by atoms with Crippen molar-refractivity contribution in [2.45, 2.75) is 25.1 Å². The molecule has 6 nitrogen and oxygen atoms in total. The van der Waals surface area contributed by atoms with Crippen molar-refractivity contribution >= 4 is 26.2 Å². The number of nitro groups is 1. The number of hydrogen-bond acceptors (Lipinski definition) is 6. The fourth-order valence-corrected chi connectivity index (χ4v) is 2.28. The molecule has 1 heterocycles. The maximum Gasteiger partial charge on any atom is 0.324 e. The first-order valence-corrected chi connectivity index (χ1v) is 8.03. The molecule has 1 N–H and O–H groups in total. The topological polar surface area (TPSA) is 89.3 Å². The Kier molecular flexibility index (Phi) is 4.46. The molecule has 0 radical (unpaired) electrons. The SMILES string of the molecule is CC(C)(CNCc1csc([N+](=O)[O-])c1)S(C)(=O)=O. The highest BCUT2D eigenvalue weighted by Crippen LogP contribution is 2.22. The van der Waals surface area contributed by atoms with Crippen LogP contribution in [-0.2, 0) is 16.4 Å². The van der Waals surface area contributed by atoms with Crippen LogP contribution in [0.5, 0.6) is 0 Å². The van der Waals surface area contributed by atoms with E-state index in [1.54, 1.807) is 19.2 Å². The summed E-state index contributed by atoms with van der Waals surface area (Å²) >= 11 is 1.06. The number of nitrogens with zero attached hydrogens (tertiary/aromatic N) is 1. The van der Waals surface area contributed by atoms with Crippen molar-refractivity contribution in [2.24, 2.45) is 0 Å². The van der Waals surface area contributed by atoms with Crippen molar-refractivity contribution in [2.75, 3.05) is 12.8 Å². The maximum absolute atomic E-state index is 11.5. The molecule has 0 atom stereocenters. The molecule has 0 amide bonds. The second-order valence-electron chi connectivity index (χ2n) is 4.69. The van der Waals surface area contributed by atoms with Gasteiger partial charge < -0.3 is 5.32 Å². The number of hydrogen-bond donors (Lipinski definition) is 1. The van der Waals surface area contributed by atoms with Crippen molar-refractivity contribution in [1.82, 2.24) is 5.32 Å². The van der Waals surface area contributed by atoms with Gasteiger partial charge in [0.25, 0.3) is 0 Å². The summed E-state index contributed by atoms with van der Waals surface area (Å²) in [5, 5.41) is 15.3. The van der Waals surface area contributed by atoms with Crippen LogP contribution >= 0.6 is 11.3 Å². The van der Waals surface area contributed by atoms with E-state index in [1.807, 2.05) is 0 Å². The molecule has 0 spiro atoms. The third-order valence-electron chi connectivity index (χ3n) is 2.70. The first kappa shape index (κ1) is 15.1. The summed E-state index contributed by atoms with van der Waals surface area (Å²) in [5.74, 6) is 0. The molecule has 102 valence electrons. The van der Waals surface area contributed by atoms with Crippen molar-refractivity contribution in [3.05, 3.63) is 27.1 Å². The minimum absolute atomic E-state index is 0.0918. The molecule has 1 aromatic heterocycles. The summed E-state index contributed by atoms with van der Waals surface area (Å²) in [6.45, 7) is 4.01. The zero-order valence-corrected chi connectivity index (χ0v) is 12.1. The van der Waals surface area contributed by atoms with Crippen LogP contribution in [0.1, 0.15) is 19.4 Å². The lowest BCUT2D eigenvalue weighted by molar-refractivity contribution is -0.380. The van der Waals surface area contributed by atoms with Gasteiger partial charge in [-0.15, -0.1) is 0 Å². The summed E-state index contributed by atoms with van der Waals surface area (Å²) in [4.78, 5) is 10.1. The summed E-state index contributed by atoms with van der Waals surface area (Å²) < 4.78 is 22.1. The fraction of sp³-hybridized carbons (Fsp3) is 0.600. The molecule has 0 aliphatic rings. The van der Waals surface area contributed by atoms with Crippen LogP contribution in [0.2, 0.25) is 0 Å². The van der Waals surface area contributed by atoms with E-state index in [4.69, 9.17) is 0 Å². The van der Waals surface area contributed by atoms with Crippen LogP contribution in [-0.4, -0.2) is 30.9 Å². The van der Waals surface area contributed by atoms with Crippen LogP contribution in [0, 0.1) is 10.1 Å². The first-order valence-electron chi connectivity index (χ1n) is 5.25. The average Bonchev–Trinajstić information content (AvgIpc) is 2.64. The summed E-state index contributed by atoms with van der Waals surface area (Å²) in [6, 6.07) is 1.49. The largest absolute Gasteiger partial charge is 0.324 e. The zero-order chi connectivity index (χ0) is 14.0. The molecule has 0 bridgehead atoms. The summed E-state index contributed by atoms with van der Waals surface area (Å²) in [6.07, 6.45) is 1.20. The number of rotatable bonds is 6. The van der Waals surface area contributed by atoms with Gasteiger partial charge in [0.15, 0.2) is 9.84 Å². The van der Waals surface area contributed by atoms with Crippen molar-refractivity contribution in [1.29, 1.82) is 0 Å².